The summed E-state index contributed by atoms with van der Waals surface area (Å²) in [6.45, 7) is 6.26. The van der Waals surface area contributed by atoms with E-state index in [9.17, 15) is 14.4 Å². The number of hydrogen-bond acceptors (Lipinski definition) is 6. The molecular formula is C60H96O6. The van der Waals surface area contributed by atoms with Gasteiger partial charge in [0.15, 0.2) is 6.10 Å². The predicted molar refractivity (Wildman–Crippen MR) is 283 cm³/mol. The van der Waals surface area contributed by atoms with Gasteiger partial charge in [0.2, 0.25) is 0 Å². The molecule has 0 fully saturated rings. The van der Waals surface area contributed by atoms with E-state index in [1.165, 1.54) is 96.3 Å². The fourth-order valence-electron chi connectivity index (χ4n) is 6.92. The molecule has 0 amide bonds. The molecular weight excluding hydrogens is 817 g/mol. The van der Waals surface area contributed by atoms with Gasteiger partial charge in [0.1, 0.15) is 13.2 Å². The summed E-state index contributed by atoms with van der Waals surface area (Å²) in [4.78, 5) is 38.0. The van der Waals surface area contributed by atoms with Gasteiger partial charge in [0.05, 0.1) is 0 Å². The van der Waals surface area contributed by atoms with Gasteiger partial charge in [-0.1, -0.05) is 251 Å². The van der Waals surface area contributed by atoms with Crippen molar-refractivity contribution in [1.29, 1.82) is 0 Å². The molecule has 1 atom stereocenters. The van der Waals surface area contributed by atoms with E-state index in [0.29, 0.717) is 19.3 Å². The summed E-state index contributed by atoms with van der Waals surface area (Å²) in [5.74, 6) is -1.06. The second-order valence-corrected chi connectivity index (χ2v) is 17.2. The Hall–Kier alpha value is -4.19. The average Bonchev–Trinajstić information content (AvgIpc) is 3.31. The number of unbranched alkanes of at least 4 members (excludes halogenated alkanes) is 19. The summed E-state index contributed by atoms with van der Waals surface area (Å²) in [6, 6.07) is 0. The Labute approximate surface area is 405 Å². The lowest BCUT2D eigenvalue weighted by atomic mass is 10.0. The van der Waals surface area contributed by atoms with Crippen LogP contribution in [-0.4, -0.2) is 37.2 Å². The molecule has 0 saturated carbocycles. The number of hydrogen-bond donors (Lipinski definition) is 0. The molecule has 0 aliphatic rings. The van der Waals surface area contributed by atoms with E-state index in [0.717, 1.165) is 70.6 Å². The average molecular weight is 913 g/mol. The van der Waals surface area contributed by atoms with Crippen molar-refractivity contribution in [2.45, 2.75) is 226 Å². The Morgan fingerprint density at radius 3 is 1.11 bits per heavy atom. The van der Waals surface area contributed by atoms with Crippen LogP contribution in [0.3, 0.4) is 0 Å². The highest BCUT2D eigenvalue weighted by Crippen LogP contribution is 2.15. The Bertz CT molecular complexity index is 1420. The third kappa shape index (κ3) is 50.8. The summed E-state index contributed by atoms with van der Waals surface area (Å²) in [5.41, 5.74) is 0. The van der Waals surface area contributed by atoms with E-state index in [2.05, 4.69) is 87.6 Å². The van der Waals surface area contributed by atoms with E-state index < -0.39 is 6.10 Å². The number of rotatable bonds is 46. The second kappa shape index (κ2) is 53.4. The maximum absolute atomic E-state index is 12.8. The first kappa shape index (κ1) is 61.8. The summed E-state index contributed by atoms with van der Waals surface area (Å²) in [7, 11) is 0. The molecule has 0 rings (SSSR count). The van der Waals surface area contributed by atoms with Crippen LogP contribution in [0.1, 0.15) is 220 Å². The number of ether oxygens (including phenoxy) is 3. The van der Waals surface area contributed by atoms with Gasteiger partial charge in [-0.2, -0.15) is 0 Å². The van der Waals surface area contributed by atoms with Crippen LogP contribution in [0.2, 0.25) is 0 Å². The first-order chi connectivity index (χ1) is 32.5. The second-order valence-electron chi connectivity index (χ2n) is 17.2. The smallest absolute Gasteiger partial charge is 0.306 e. The van der Waals surface area contributed by atoms with Crippen LogP contribution in [0.25, 0.3) is 0 Å². The summed E-state index contributed by atoms with van der Waals surface area (Å²) in [5, 5.41) is 0. The molecule has 0 aliphatic carbocycles. The number of carbonyl (C=O) groups is 3. The lowest BCUT2D eigenvalue weighted by molar-refractivity contribution is -0.167. The lowest BCUT2D eigenvalue weighted by Gasteiger charge is -2.18. The van der Waals surface area contributed by atoms with Crippen molar-refractivity contribution in [1.82, 2.24) is 0 Å². The maximum Gasteiger partial charge on any atom is 0.306 e. The molecule has 0 aliphatic heterocycles. The highest BCUT2D eigenvalue weighted by molar-refractivity contribution is 5.71. The largest absolute Gasteiger partial charge is 0.462 e. The molecule has 0 saturated heterocycles. The SMILES string of the molecule is CC\C=C/C=C\C=C/C=C\C=C/CCCC(=O)OCC(COC(=O)CCCCCCCCCCCCCCCCCCCC)OC(=O)CCC/C=C\C/C=C\C/C=C\C/C=C\C/C=C\CC. The molecule has 372 valence electrons. The predicted octanol–water partition coefficient (Wildman–Crippen LogP) is 17.7. The molecule has 6 nitrogen and oxygen atoms in total. The van der Waals surface area contributed by atoms with E-state index in [1.807, 2.05) is 54.7 Å². The van der Waals surface area contributed by atoms with E-state index in [-0.39, 0.29) is 44.0 Å². The van der Waals surface area contributed by atoms with Crippen LogP contribution < -0.4 is 0 Å². The molecule has 1 unspecified atom stereocenters. The molecule has 0 aromatic rings. The van der Waals surface area contributed by atoms with Gasteiger partial charge in [-0.25, -0.2) is 0 Å². The molecule has 66 heavy (non-hydrogen) atoms. The van der Waals surface area contributed by atoms with E-state index >= 15 is 0 Å². The highest BCUT2D eigenvalue weighted by atomic mass is 16.6. The third-order valence-corrected chi connectivity index (χ3v) is 10.8. The number of esters is 3. The van der Waals surface area contributed by atoms with Crippen LogP contribution in [0.15, 0.2) is 122 Å². The van der Waals surface area contributed by atoms with Crippen LogP contribution in [0, 0.1) is 0 Å². The van der Waals surface area contributed by atoms with Crippen molar-refractivity contribution in [2.24, 2.45) is 0 Å². The van der Waals surface area contributed by atoms with Crippen molar-refractivity contribution in [3.8, 4) is 0 Å². The van der Waals surface area contributed by atoms with Crippen molar-refractivity contribution >= 4 is 17.9 Å². The van der Waals surface area contributed by atoms with E-state index in [1.54, 1.807) is 0 Å². The number of carbonyl (C=O) groups excluding carboxylic acids is 3. The third-order valence-electron chi connectivity index (χ3n) is 10.8. The zero-order valence-electron chi connectivity index (χ0n) is 42.4. The fourth-order valence-corrected chi connectivity index (χ4v) is 6.92. The fraction of sp³-hybridized carbons (Fsp3) is 0.617. The van der Waals surface area contributed by atoms with Crippen molar-refractivity contribution in [2.75, 3.05) is 13.2 Å². The van der Waals surface area contributed by atoms with Gasteiger partial charge >= 0.3 is 17.9 Å². The summed E-state index contributed by atoms with van der Waals surface area (Å²) < 4.78 is 16.7. The van der Waals surface area contributed by atoms with Gasteiger partial charge in [-0.3, -0.25) is 14.4 Å². The van der Waals surface area contributed by atoms with Crippen molar-refractivity contribution < 1.29 is 28.6 Å². The minimum atomic E-state index is -0.838. The summed E-state index contributed by atoms with van der Waals surface area (Å²) >= 11 is 0. The van der Waals surface area contributed by atoms with Gasteiger partial charge in [0, 0.05) is 19.3 Å². The first-order valence-electron chi connectivity index (χ1n) is 26.6. The monoisotopic (exact) mass is 913 g/mol. The van der Waals surface area contributed by atoms with Crippen molar-refractivity contribution in [3.63, 3.8) is 0 Å². The highest BCUT2D eigenvalue weighted by Gasteiger charge is 2.19. The van der Waals surface area contributed by atoms with Gasteiger partial charge < -0.3 is 14.2 Å². The maximum atomic E-state index is 12.8. The zero-order chi connectivity index (χ0) is 47.9. The molecule has 0 heterocycles. The van der Waals surface area contributed by atoms with E-state index in [4.69, 9.17) is 14.2 Å². The lowest BCUT2D eigenvalue weighted by Crippen LogP contribution is -2.30. The van der Waals surface area contributed by atoms with Crippen LogP contribution in [-0.2, 0) is 28.6 Å². The topological polar surface area (TPSA) is 78.9 Å². The molecule has 0 bridgehead atoms. The molecule has 0 aromatic carbocycles. The minimum Gasteiger partial charge on any atom is -0.462 e. The van der Waals surface area contributed by atoms with Crippen molar-refractivity contribution in [3.05, 3.63) is 122 Å². The molecule has 0 aromatic heterocycles. The molecule has 0 N–H and O–H groups in total. The first-order valence-corrected chi connectivity index (χ1v) is 26.6. The standard InChI is InChI=1S/C60H96O6/c1-4-7-10-13-16-19-22-25-27-29-31-32-35-38-41-44-47-50-53-59(62)65-56-57(55-64-58(61)52-49-46-43-40-37-34-24-21-18-15-12-9-6-3)66-60(63)54-51-48-45-42-39-36-33-30-28-26-23-20-17-14-11-8-5-2/h8-9,11-12,15,17-18,20-21,24,26,28,33-34,36-37,40,42-43,45,57H,4-7,10,13-14,16,19,22-23,25,27,29-32,35,38-39,41,44,46-56H2,1-3H3/b11-8-,12-9-,18-15-,20-17-,24-21-,28-26-,36-33-,37-34-,43-40-,45-42-. The Morgan fingerprint density at radius 2 is 0.667 bits per heavy atom. The normalized spacial score (nSPS) is 13.1. The summed E-state index contributed by atoms with van der Waals surface area (Å²) in [6.07, 6.45) is 73.5. The van der Waals surface area contributed by atoms with Crippen LogP contribution >= 0.6 is 0 Å². The molecule has 0 spiro atoms. The number of allylic oxidation sites excluding steroid dienone is 20. The molecule has 6 heteroatoms. The van der Waals surface area contributed by atoms with Gasteiger partial charge in [-0.15, -0.1) is 0 Å². The Kier molecular flexibility index (Phi) is 50.0. The van der Waals surface area contributed by atoms with Crippen LogP contribution in [0.4, 0.5) is 0 Å². The molecule has 0 radical (unpaired) electrons. The van der Waals surface area contributed by atoms with Crippen LogP contribution in [0.5, 0.6) is 0 Å². The Balaban J connectivity index is 4.54. The zero-order valence-corrected chi connectivity index (χ0v) is 42.4. The van der Waals surface area contributed by atoms with Gasteiger partial charge in [0.25, 0.3) is 0 Å². The van der Waals surface area contributed by atoms with Gasteiger partial charge in [-0.05, 0) is 70.6 Å². The Morgan fingerprint density at radius 1 is 0.333 bits per heavy atom. The minimum absolute atomic E-state index is 0.125. The quantitative estimate of drug-likeness (QED) is 0.0199.